The van der Waals surface area contributed by atoms with Gasteiger partial charge in [0.05, 0.1) is 27.1 Å². The molecule has 7 rings (SSSR count). The van der Waals surface area contributed by atoms with Crippen LogP contribution in [-0.4, -0.2) is 52.8 Å². The van der Waals surface area contributed by atoms with E-state index in [9.17, 15) is 9.59 Å². The fraction of sp³-hybridized carbons (Fsp3) is 0.440. The first kappa shape index (κ1) is 22.7. The van der Waals surface area contributed by atoms with Crippen LogP contribution in [0, 0.1) is 0 Å². The molecule has 5 aliphatic heterocycles. The first-order chi connectivity index (χ1) is 16.4. The van der Waals surface area contributed by atoms with Crippen LogP contribution >= 0.6 is 35.8 Å². The number of hydrogen-bond donors (Lipinski definition) is 2. The van der Waals surface area contributed by atoms with E-state index in [0.29, 0.717) is 41.5 Å². The summed E-state index contributed by atoms with van der Waals surface area (Å²) in [5, 5.41) is 3.58. The molecule has 0 aromatic heterocycles. The summed E-state index contributed by atoms with van der Waals surface area (Å²) in [6.07, 6.45) is 2.09. The lowest BCUT2D eigenvalue weighted by Gasteiger charge is -2.58. The average molecular weight is 517 g/mol. The molecule has 0 radical (unpaired) electrons. The maximum absolute atomic E-state index is 12.5. The SMILES string of the molecule is O=C1CCC(N2Cc3c(CN4CC5CC(C4)N5c4cccc(Cl)c4Cl)cccc3C2S)C(=O)N1. The molecular weight excluding hydrogens is 491 g/mol. The molecule has 9 heteroatoms. The number of anilines is 1. The molecule has 4 unspecified atom stereocenters. The van der Waals surface area contributed by atoms with E-state index in [1.54, 1.807) is 0 Å². The minimum atomic E-state index is -0.320. The molecule has 178 valence electrons. The Kier molecular flexibility index (Phi) is 5.81. The molecule has 2 aromatic carbocycles. The first-order valence-corrected chi connectivity index (χ1v) is 13.0. The summed E-state index contributed by atoms with van der Waals surface area (Å²) in [6.45, 7) is 3.50. The molecule has 2 aromatic rings. The normalized spacial score (nSPS) is 29.1. The van der Waals surface area contributed by atoms with Gasteiger partial charge in [-0.05, 0) is 41.7 Å². The maximum atomic E-state index is 12.5. The highest BCUT2D eigenvalue weighted by Crippen LogP contribution is 2.44. The van der Waals surface area contributed by atoms with E-state index in [-0.39, 0.29) is 23.2 Å². The van der Waals surface area contributed by atoms with Crippen LogP contribution in [0.5, 0.6) is 0 Å². The van der Waals surface area contributed by atoms with Gasteiger partial charge in [0, 0.05) is 44.7 Å². The second kappa shape index (κ2) is 8.71. The molecule has 0 spiro atoms. The standard InChI is InChI=1S/C25H26Cl2N4O2S/c26-19-5-2-6-20(23(19)27)31-15-9-16(31)12-29(11-15)10-14-3-1-4-17-18(14)13-30(25(17)34)21-7-8-22(32)28-24(21)33/h1-6,15-16,21,25,34H,7-13H2,(H,28,32,33). The highest BCUT2D eigenvalue weighted by Gasteiger charge is 2.46. The van der Waals surface area contributed by atoms with Gasteiger partial charge in [0.25, 0.3) is 0 Å². The molecule has 5 aliphatic rings. The molecule has 2 bridgehead atoms. The Balaban J connectivity index is 1.17. The number of carbonyl (C=O) groups excluding carboxylic acids is 2. The van der Waals surface area contributed by atoms with Gasteiger partial charge in [-0.1, -0.05) is 47.5 Å². The van der Waals surface area contributed by atoms with Gasteiger partial charge < -0.3 is 4.90 Å². The summed E-state index contributed by atoms with van der Waals surface area (Å²) in [7, 11) is 0. The van der Waals surface area contributed by atoms with Crippen LogP contribution in [0.2, 0.25) is 10.0 Å². The number of nitrogens with zero attached hydrogens (tertiary/aromatic N) is 3. The molecule has 1 N–H and O–H groups in total. The summed E-state index contributed by atoms with van der Waals surface area (Å²) >= 11 is 17.6. The van der Waals surface area contributed by atoms with E-state index in [4.69, 9.17) is 35.8 Å². The van der Waals surface area contributed by atoms with Gasteiger partial charge >= 0.3 is 0 Å². The number of piperidine rings is 2. The third-order valence-electron chi connectivity index (χ3n) is 7.72. The van der Waals surface area contributed by atoms with Crippen molar-refractivity contribution in [3.63, 3.8) is 0 Å². The van der Waals surface area contributed by atoms with Crippen molar-refractivity contribution in [3.05, 3.63) is 63.1 Å². The van der Waals surface area contributed by atoms with E-state index < -0.39 is 0 Å². The molecular formula is C25H26Cl2N4O2S. The highest BCUT2D eigenvalue weighted by molar-refractivity contribution is 7.80. The zero-order chi connectivity index (χ0) is 23.6. The first-order valence-electron chi connectivity index (χ1n) is 11.7. The van der Waals surface area contributed by atoms with E-state index in [0.717, 1.165) is 25.3 Å². The molecule has 0 aliphatic carbocycles. The molecule has 2 amide bonds. The van der Waals surface area contributed by atoms with Gasteiger partial charge in [-0.15, -0.1) is 0 Å². The molecule has 4 saturated heterocycles. The van der Waals surface area contributed by atoms with Crippen molar-refractivity contribution in [2.45, 2.75) is 55.9 Å². The fourth-order valence-corrected chi connectivity index (χ4v) is 6.99. The molecule has 4 atom stereocenters. The van der Waals surface area contributed by atoms with E-state index >= 15 is 0 Å². The maximum Gasteiger partial charge on any atom is 0.243 e. The zero-order valence-corrected chi connectivity index (χ0v) is 21.0. The number of benzene rings is 2. The van der Waals surface area contributed by atoms with Crippen LogP contribution in [-0.2, 0) is 22.7 Å². The minimum absolute atomic E-state index is 0.144. The van der Waals surface area contributed by atoms with Crippen LogP contribution in [0.15, 0.2) is 36.4 Å². The van der Waals surface area contributed by atoms with Gasteiger partial charge in [0.1, 0.15) is 0 Å². The summed E-state index contributed by atoms with van der Waals surface area (Å²) in [5.74, 6) is -0.397. The van der Waals surface area contributed by atoms with Gasteiger partial charge in [-0.25, -0.2) is 0 Å². The van der Waals surface area contributed by atoms with Gasteiger partial charge in [-0.3, -0.25) is 24.7 Å². The summed E-state index contributed by atoms with van der Waals surface area (Å²) in [5.41, 5.74) is 4.76. The summed E-state index contributed by atoms with van der Waals surface area (Å²) < 4.78 is 0. The second-order valence-corrected chi connectivity index (χ2v) is 11.0. The fourth-order valence-electron chi connectivity index (χ4n) is 6.12. The Labute approximate surface area is 214 Å². The number of halogens is 2. The molecule has 0 saturated carbocycles. The van der Waals surface area contributed by atoms with Crippen molar-refractivity contribution in [2.24, 2.45) is 0 Å². The topological polar surface area (TPSA) is 55.9 Å². The van der Waals surface area contributed by atoms with E-state index in [2.05, 4.69) is 44.3 Å². The number of carbonyl (C=O) groups is 2. The predicted molar refractivity (Wildman–Crippen MR) is 136 cm³/mol. The van der Waals surface area contributed by atoms with Crippen molar-refractivity contribution in [1.29, 1.82) is 0 Å². The quantitative estimate of drug-likeness (QED) is 0.475. The monoisotopic (exact) mass is 516 g/mol. The Morgan fingerprint density at radius 2 is 1.82 bits per heavy atom. The van der Waals surface area contributed by atoms with Gasteiger partial charge in [0.2, 0.25) is 11.8 Å². The number of rotatable bonds is 4. The minimum Gasteiger partial charge on any atom is -0.362 e. The van der Waals surface area contributed by atoms with E-state index in [1.165, 1.54) is 23.1 Å². The van der Waals surface area contributed by atoms with Crippen molar-refractivity contribution < 1.29 is 9.59 Å². The predicted octanol–water partition coefficient (Wildman–Crippen LogP) is 4.01. The third kappa shape index (κ3) is 3.73. The lowest BCUT2D eigenvalue weighted by molar-refractivity contribution is -0.137. The Morgan fingerprint density at radius 1 is 1.06 bits per heavy atom. The van der Waals surface area contributed by atoms with Crippen LogP contribution in [0.25, 0.3) is 0 Å². The molecule has 6 nitrogen and oxygen atoms in total. The van der Waals surface area contributed by atoms with Crippen LogP contribution < -0.4 is 10.2 Å². The molecule has 4 fully saturated rings. The Hall–Kier alpha value is -1.77. The Morgan fingerprint density at radius 3 is 2.59 bits per heavy atom. The molecule has 5 heterocycles. The Bertz CT molecular complexity index is 1170. The number of amides is 2. The van der Waals surface area contributed by atoms with Gasteiger partial charge in [0.15, 0.2) is 0 Å². The van der Waals surface area contributed by atoms with Crippen LogP contribution in [0.3, 0.4) is 0 Å². The number of hydrogen-bond acceptors (Lipinski definition) is 6. The van der Waals surface area contributed by atoms with Crippen molar-refractivity contribution >= 4 is 53.3 Å². The summed E-state index contributed by atoms with van der Waals surface area (Å²) in [4.78, 5) is 31.1. The third-order valence-corrected chi connectivity index (χ3v) is 9.11. The van der Waals surface area contributed by atoms with Crippen LogP contribution in [0.1, 0.15) is 41.3 Å². The number of fused-ring (bicyclic) bond motifs is 3. The van der Waals surface area contributed by atoms with E-state index in [1.807, 2.05) is 12.1 Å². The second-order valence-electron chi connectivity index (χ2n) is 9.72. The highest BCUT2D eigenvalue weighted by atomic mass is 35.5. The zero-order valence-electron chi connectivity index (χ0n) is 18.6. The largest absolute Gasteiger partial charge is 0.362 e. The lowest BCUT2D eigenvalue weighted by Crippen LogP contribution is -2.68. The average Bonchev–Trinajstić information content (AvgIpc) is 3.14. The number of nitrogens with one attached hydrogen (secondary N) is 1. The smallest absolute Gasteiger partial charge is 0.243 e. The van der Waals surface area contributed by atoms with Crippen molar-refractivity contribution in [1.82, 2.24) is 15.1 Å². The number of thiol groups is 1. The number of imide groups is 1. The van der Waals surface area contributed by atoms with Crippen molar-refractivity contribution in [2.75, 3.05) is 18.0 Å². The van der Waals surface area contributed by atoms with Crippen molar-refractivity contribution in [3.8, 4) is 0 Å². The molecule has 34 heavy (non-hydrogen) atoms. The summed E-state index contributed by atoms with van der Waals surface area (Å²) in [6, 6.07) is 12.8. The number of piperazine rings is 1. The van der Waals surface area contributed by atoms with Crippen LogP contribution in [0.4, 0.5) is 5.69 Å². The van der Waals surface area contributed by atoms with Gasteiger partial charge in [-0.2, -0.15) is 12.6 Å². The lowest BCUT2D eigenvalue weighted by atomic mass is 9.86.